The number of pyridine rings is 1. The van der Waals surface area contributed by atoms with Gasteiger partial charge in [-0.05, 0) is 30.7 Å². The molecule has 1 saturated heterocycles. The molecule has 0 saturated carbocycles. The lowest BCUT2D eigenvalue weighted by molar-refractivity contribution is 0.315. The molecule has 0 amide bonds. The van der Waals surface area contributed by atoms with Crippen LogP contribution in [-0.4, -0.2) is 18.8 Å². The van der Waals surface area contributed by atoms with Crippen molar-refractivity contribution in [3.8, 4) is 0 Å². The molecule has 3 rings (SSSR count). The molecule has 1 fully saturated rings. The molecule has 0 N–H and O–H groups in total. The molecule has 1 aromatic carbocycles. The fourth-order valence-electron chi connectivity index (χ4n) is 1.80. The summed E-state index contributed by atoms with van der Waals surface area (Å²) in [6.45, 7) is 2.41. The Morgan fingerprint density at radius 3 is 2.72 bits per heavy atom. The van der Waals surface area contributed by atoms with Crippen LogP contribution in [0.3, 0.4) is 0 Å². The summed E-state index contributed by atoms with van der Waals surface area (Å²) in [5.41, 5.74) is 2.89. The number of rotatable bonds is 2. The molecular weight excluding hydrogens is 227 g/mol. The molecular formula is C13H13BN2O2. The van der Waals surface area contributed by atoms with E-state index in [0.717, 1.165) is 16.8 Å². The zero-order chi connectivity index (χ0) is 12.4. The van der Waals surface area contributed by atoms with Gasteiger partial charge in [-0.25, -0.2) is 5.06 Å². The molecule has 18 heavy (non-hydrogen) atoms. The Balaban J connectivity index is 1.74. The van der Waals surface area contributed by atoms with Crippen molar-refractivity contribution in [3.05, 3.63) is 54.2 Å². The Bertz CT molecular complexity index is 518. The van der Waals surface area contributed by atoms with Crippen molar-refractivity contribution >= 4 is 18.4 Å². The van der Waals surface area contributed by atoms with Crippen molar-refractivity contribution in [1.82, 2.24) is 4.98 Å². The molecule has 0 aliphatic carbocycles. The summed E-state index contributed by atoms with van der Waals surface area (Å²) in [6.07, 6.45) is 1.81. The summed E-state index contributed by atoms with van der Waals surface area (Å²) < 4.78 is 11.3. The highest BCUT2D eigenvalue weighted by molar-refractivity contribution is 6.60. The molecule has 90 valence electrons. The topological polar surface area (TPSA) is 34.6 Å². The third-order valence-corrected chi connectivity index (χ3v) is 2.79. The molecule has 0 radical (unpaired) electrons. The number of hydroxylamine groups is 1. The van der Waals surface area contributed by atoms with Gasteiger partial charge in [-0.3, -0.25) is 9.74 Å². The fraction of sp³-hybridized carbons (Fsp3) is 0.154. The van der Waals surface area contributed by atoms with Crippen LogP contribution < -0.4 is 10.7 Å². The van der Waals surface area contributed by atoms with Gasteiger partial charge in [0.1, 0.15) is 6.73 Å². The van der Waals surface area contributed by atoms with Gasteiger partial charge >= 0.3 is 7.12 Å². The second kappa shape index (κ2) is 4.80. The molecule has 2 heterocycles. The molecule has 1 aliphatic heterocycles. The normalized spacial score (nSPS) is 15.2. The van der Waals surface area contributed by atoms with Crippen LogP contribution in [0.4, 0.5) is 5.69 Å². The predicted octanol–water partition coefficient (Wildman–Crippen LogP) is 1.51. The van der Waals surface area contributed by atoms with Gasteiger partial charge in [0.15, 0.2) is 0 Å². The van der Waals surface area contributed by atoms with Gasteiger partial charge in [0.25, 0.3) is 0 Å². The number of anilines is 1. The van der Waals surface area contributed by atoms with Crippen molar-refractivity contribution in [1.29, 1.82) is 0 Å². The first-order valence-electron chi connectivity index (χ1n) is 5.86. The molecule has 0 atom stereocenters. The molecule has 1 aliphatic rings. The van der Waals surface area contributed by atoms with Gasteiger partial charge < -0.3 is 4.65 Å². The maximum absolute atomic E-state index is 5.72. The second-order valence-corrected chi connectivity index (χ2v) is 4.21. The van der Waals surface area contributed by atoms with E-state index in [9.17, 15) is 0 Å². The molecule has 0 bridgehead atoms. The predicted molar refractivity (Wildman–Crippen MR) is 70.3 cm³/mol. The number of nitrogens with zero attached hydrogens (tertiary/aromatic N) is 2. The van der Waals surface area contributed by atoms with E-state index >= 15 is 0 Å². The van der Waals surface area contributed by atoms with E-state index in [1.165, 1.54) is 0 Å². The van der Waals surface area contributed by atoms with Crippen molar-refractivity contribution in [3.63, 3.8) is 0 Å². The lowest BCUT2D eigenvalue weighted by Crippen LogP contribution is -2.35. The van der Waals surface area contributed by atoms with Crippen LogP contribution in [0.5, 0.6) is 0 Å². The summed E-state index contributed by atoms with van der Waals surface area (Å²) in [5, 5.41) is 1.73. The SMILES string of the molecule is Cc1ccc(B2OCN(c3ccccc3)O2)nc1. The van der Waals surface area contributed by atoms with Gasteiger partial charge in [0.05, 0.1) is 11.3 Å². The van der Waals surface area contributed by atoms with Crippen molar-refractivity contribution < 1.29 is 9.41 Å². The Morgan fingerprint density at radius 2 is 2.00 bits per heavy atom. The van der Waals surface area contributed by atoms with Gasteiger partial charge in [-0.1, -0.05) is 24.3 Å². The highest BCUT2D eigenvalue weighted by Crippen LogP contribution is 2.18. The summed E-state index contributed by atoms with van der Waals surface area (Å²) in [6, 6.07) is 13.8. The van der Waals surface area contributed by atoms with E-state index in [1.807, 2.05) is 55.6 Å². The lowest BCUT2D eigenvalue weighted by Gasteiger charge is -2.15. The summed E-state index contributed by atoms with van der Waals surface area (Å²) in [5.74, 6) is 0. The van der Waals surface area contributed by atoms with Gasteiger partial charge in [-0.2, -0.15) is 0 Å². The first-order valence-corrected chi connectivity index (χ1v) is 5.86. The van der Waals surface area contributed by atoms with Crippen LogP contribution in [0.25, 0.3) is 0 Å². The molecule has 0 spiro atoms. The van der Waals surface area contributed by atoms with Crippen molar-refractivity contribution in [2.45, 2.75) is 6.92 Å². The number of para-hydroxylation sites is 1. The molecule has 5 heteroatoms. The average molecular weight is 240 g/mol. The Morgan fingerprint density at radius 1 is 1.17 bits per heavy atom. The first-order chi connectivity index (χ1) is 8.83. The zero-order valence-corrected chi connectivity index (χ0v) is 10.1. The fourth-order valence-corrected chi connectivity index (χ4v) is 1.80. The van der Waals surface area contributed by atoms with E-state index in [-0.39, 0.29) is 0 Å². The van der Waals surface area contributed by atoms with E-state index in [4.69, 9.17) is 9.41 Å². The van der Waals surface area contributed by atoms with Crippen LogP contribution >= 0.6 is 0 Å². The van der Waals surface area contributed by atoms with Crippen LogP contribution in [0.2, 0.25) is 0 Å². The van der Waals surface area contributed by atoms with Gasteiger partial charge in [0, 0.05) is 6.20 Å². The monoisotopic (exact) mass is 240 g/mol. The third-order valence-electron chi connectivity index (χ3n) is 2.79. The third kappa shape index (κ3) is 2.23. The largest absolute Gasteiger partial charge is 0.537 e. The van der Waals surface area contributed by atoms with Crippen LogP contribution in [-0.2, 0) is 9.41 Å². The number of hydrogen-bond acceptors (Lipinski definition) is 4. The second-order valence-electron chi connectivity index (χ2n) is 4.21. The standard InChI is InChI=1S/C13H13BN2O2/c1-11-7-8-13(15-9-11)14-17-10-16(18-14)12-5-3-2-4-6-12/h2-9H,10H2,1H3. The summed E-state index contributed by atoms with van der Waals surface area (Å²) in [4.78, 5) is 4.31. The average Bonchev–Trinajstić information content (AvgIpc) is 2.90. The van der Waals surface area contributed by atoms with Crippen LogP contribution in [0.15, 0.2) is 48.7 Å². The summed E-state index contributed by atoms with van der Waals surface area (Å²) >= 11 is 0. The van der Waals surface area contributed by atoms with Crippen molar-refractivity contribution in [2.24, 2.45) is 0 Å². The Hall–Kier alpha value is -1.85. The molecule has 0 unspecified atom stereocenters. The molecule has 2 aromatic rings. The van der Waals surface area contributed by atoms with Crippen molar-refractivity contribution in [2.75, 3.05) is 11.8 Å². The van der Waals surface area contributed by atoms with Gasteiger partial charge in [0.2, 0.25) is 0 Å². The Labute approximate surface area is 106 Å². The summed E-state index contributed by atoms with van der Waals surface area (Å²) in [7, 11) is -0.425. The highest BCUT2D eigenvalue weighted by Gasteiger charge is 2.33. The minimum absolute atomic E-state index is 0.407. The highest BCUT2D eigenvalue weighted by atomic mass is 16.8. The molecule has 1 aromatic heterocycles. The van der Waals surface area contributed by atoms with E-state index in [2.05, 4.69) is 4.98 Å². The smallest absolute Gasteiger partial charge is 0.385 e. The minimum atomic E-state index is -0.425. The maximum atomic E-state index is 5.72. The lowest BCUT2D eigenvalue weighted by atomic mass is 9.85. The van der Waals surface area contributed by atoms with E-state index < -0.39 is 7.12 Å². The Kier molecular flexibility index (Phi) is 3.00. The van der Waals surface area contributed by atoms with Crippen LogP contribution in [0, 0.1) is 6.92 Å². The van der Waals surface area contributed by atoms with E-state index in [0.29, 0.717) is 6.73 Å². The quantitative estimate of drug-likeness (QED) is 0.745. The number of benzene rings is 1. The number of aryl methyl sites for hydroxylation is 1. The van der Waals surface area contributed by atoms with E-state index in [1.54, 1.807) is 5.06 Å². The number of hydrogen-bond donors (Lipinski definition) is 0. The number of aromatic nitrogens is 1. The minimum Gasteiger partial charge on any atom is -0.385 e. The first kappa shape index (κ1) is 11.3. The zero-order valence-electron chi connectivity index (χ0n) is 10.1. The maximum Gasteiger partial charge on any atom is 0.537 e. The van der Waals surface area contributed by atoms with Crippen LogP contribution in [0.1, 0.15) is 5.56 Å². The van der Waals surface area contributed by atoms with Gasteiger partial charge in [-0.15, -0.1) is 0 Å². The molecule has 4 nitrogen and oxygen atoms in total.